The first kappa shape index (κ1) is 12.5. The number of aromatic nitrogens is 1. The Morgan fingerprint density at radius 1 is 1.39 bits per heavy atom. The summed E-state index contributed by atoms with van der Waals surface area (Å²) in [6, 6.07) is 3.99. The van der Waals surface area contributed by atoms with Crippen molar-refractivity contribution in [3.63, 3.8) is 0 Å². The summed E-state index contributed by atoms with van der Waals surface area (Å²) in [5, 5.41) is 0. The second kappa shape index (κ2) is 5.58. The highest BCUT2D eigenvalue weighted by molar-refractivity contribution is 6.17. The van der Waals surface area contributed by atoms with Gasteiger partial charge in [-0.2, -0.15) is 0 Å². The van der Waals surface area contributed by atoms with Gasteiger partial charge in [-0.05, 0) is 24.0 Å². The second-order valence-corrected chi connectivity index (χ2v) is 4.72. The average molecular weight is 238 g/mol. The summed E-state index contributed by atoms with van der Waals surface area (Å²) in [6.45, 7) is 8.11. The maximum atomic E-state index is 4.43. The Balaban J connectivity index is 2.44. The van der Waals surface area contributed by atoms with E-state index in [1.54, 1.807) is 12.4 Å². The molecule has 1 aliphatic carbocycles. The van der Waals surface area contributed by atoms with Crippen molar-refractivity contribution < 1.29 is 0 Å². The van der Waals surface area contributed by atoms with E-state index in [2.05, 4.69) is 54.7 Å². The zero-order valence-electron chi connectivity index (χ0n) is 10.9. The van der Waals surface area contributed by atoms with Crippen molar-refractivity contribution in [2.24, 2.45) is 10.9 Å². The Bertz CT molecular complexity index is 534. The second-order valence-electron chi connectivity index (χ2n) is 4.72. The van der Waals surface area contributed by atoms with Gasteiger partial charge >= 0.3 is 0 Å². The van der Waals surface area contributed by atoms with E-state index in [0.717, 1.165) is 29.0 Å². The van der Waals surface area contributed by atoms with Gasteiger partial charge in [0.15, 0.2) is 0 Å². The standard InChI is InChI=1S/C16H18N2/c1-4-17-15-14(8-7-12(2)3)10-9-13-6-5-11-18-16(13)15/h4-6,8-12H,1,7H2,2-3H3/b14-8-,17-15+. The fourth-order valence-electron chi connectivity index (χ4n) is 1.90. The Morgan fingerprint density at radius 3 is 2.94 bits per heavy atom. The highest BCUT2D eigenvalue weighted by Crippen LogP contribution is 2.22. The van der Waals surface area contributed by atoms with Crippen LogP contribution < -0.4 is 0 Å². The smallest absolute Gasteiger partial charge is 0.0964 e. The molecule has 0 aliphatic heterocycles. The first-order chi connectivity index (χ1) is 8.72. The summed E-state index contributed by atoms with van der Waals surface area (Å²) in [4.78, 5) is 8.81. The molecule has 0 saturated heterocycles. The number of nitrogens with zero attached hydrogens (tertiary/aromatic N) is 2. The molecule has 0 amide bonds. The maximum absolute atomic E-state index is 4.43. The monoisotopic (exact) mass is 238 g/mol. The molecular weight excluding hydrogens is 220 g/mol. The van der Waals surface area contributed by atoms with Crippen molar-refractivity contribution in [3.05, 3.63) is 60.1 Å². The van der Waals surface area contributed by atoms with Gasteiger partial charge in [0.1, 0.15) is 0 Å². The Kier molecular flexibility index (Phi) is 3.88. The molecule has 2 rings (SSSR count). The third-order valence-corrected chi connectivity index (χ3v) is 2.81. The summed E-state index contributed by atoms with van der Waals surface area (Å²) in [5.41, 5.74) is 4.10. The van der Waals surface area contributed by atoms with E-state index < -0.39 is 0 Å². The van der Waals surface area contributed by atoms with Crippen LogP contribution in [0.1, 0.15) is 31.5 Å². The summed E-state index contributed by atoms with van der Waals surface area (Å²) >= 11 is 0. The minimum Gasteiger partial charge on any atom is -0.255 e. The molecule has 2 heteroatoms. The zero-order valence-corrected chi connectivity index (χ0v) is 10.9. The molecule has 0 unspecified atom stereocenters. The lowest BCUT2D eigenvalue weighted by atomic mass is 9.94. The van der Waals surface area contributed by atoms with Crippen molar-refractivity contribution in [1.82, 2.24) is 4.98 Å². The van der Waals surface area contributed by atoms with Crippen LogP contribution in [0.5, 0.6) is 0 Å². The van der Waals surface area contributed by atoms with E-state index in [1.807, 2.05) is 6.07 Å². The molecule has 92 valence electrons. The first-order valence-electron chi connectivity index (χ1n) is 6.25. The van der Waals surface area contributed by atoms with Crippen molar-refractivity contribution >= 4 is 11.8 Å². The summed E-state index contributed by atoms with van der Waals surface area (Å²) in [7, 11) is 0. The molecule has 0 N–H and O–H groups in total. The number of fused-ring (bicyclic) bond motifs is 1. The summed E-state index contributed by atoms with van der Waals surface area (Å²) in [5.74, 6) is 0.640. The average Bonchev–Trinajstić information content (AvgIpc) is 2.38. The predicted octanol–water partition coefficient (Wildman–Crippen LogP) is 4.01. The summed E-state index contributed by atoms with van der Waals surface area (Å²) in [6.07, 6.45) is 10.8. The summed E-state index contributed by atoms with van der Waals surface area (Å²) < 4.78 is 0. The van der Waals surface area contributed by atoms with Gasteiger partial charge in [0, 0.05) is 18.0 Å². The van der Waals surface area contributed by atoms with Gasteiger partial charge in [0.2, 0.25) is 0 Å². The van der Waals surface area contributed by atoms with Crippen molar-refractivity contribution in [1.29, 1.82) is 0 Å². The molecule has 0 saturated carbocycles. The molecule has 2 nitrogen and oxygen atoms in total. The quantitative estimate of drug-likeness (QED) is 0.781. The predicted molar refractivity (Wildman–Crippen MR) is 77.5 cm³/mol. The lowest BCUT2D eigenvalue weighted by molar-refractivity contribution is 0.663. The van der Waals surface area contributed by atoms with Crippen LogP contribution in [0.15, 0.2) is 53.8 Å². The van der Waals surface area contributed by atoms with Gasteiger partial charge in [0.05, 0.1) is 11.4 Å². The van der Waals surface area contributed by atoms with Crippen LogP contribution in [0.2, 0.25) is 0 Å². The zero-order chi connectivity index (χ0) is 13.0. The van der Waals surface area contributed by atoms with Gasteiger partial charge in [-0.15, -0.1) is 0 Å². The van der Waals surface area contributed by atoms with Crippen molar-refractivity contribution in [2.45, 2.75) is 20.3 Å². The van der Waals surface area contributed by atoms with Crippen LogP contribution in [-0.4, -0.2) is 10.7 Å². The largest absolute Gasteiger partial charge is 0.255 e. The molecule has 0 atom stereocenters. The van der Waals surface area contributed by atoms with Gasteiger partial charge in [0.25, 0.3) is 0 Å². The Morgan fingerprint density at radius 2 is 2.22 bits per heavy atom. The SMILES string of the molecule is C=C/N=C1\C(=C/CC(C)C)C=Cc2cccnc21. The molecular formula is C16H18N2. The topological polar surface area (TPSA) is 25.2 Å². The lowest BCUT2D eigenvalue weighted by Gasteiger charge is -2.14. The molecule has 0 fully saturated rings. The highest BCUT2D eigenvalue weighted by atomic mass is 14.8. The molecule has 0 radical (unpaired) electrons. The number of aliphatic imine (C=N–C) groups is 1. The minimum atomic E-state index is 0.640. The number of pyridine rings is 1. The van der Waals surface area contributed by atoms with Crippen LogP contribution >= 0.6 is 0 Å². The van der Waals surface area contributed by atoms with Gasteiger partial charge in [-0.25, -0.2) is 0 Å². The molecule has 0 spiro atoms. The van der Waals surface area contributed by atoms with Crippen molar-refractivity contribution in [2.75, 3.05) is 0 Å². The van der Waals surface area contributed by atoms with Crippen LogP contribution in [0.3, 0.4) is 0 Å². The number of allylic oxidation sites excluding steroid dienone is 3. The fourth-order valence-corrected chi connectivity index (χ4v) is 1.90. The molecule has 1 aromatic rings. The van der Waals surface area contributed by atoms with E-state index in [-0.39, 0.29) is 0 Å². The molecule has 1 heterocycles. The van der Waals surface area contributed by atoms with Crippen LogP contribution in [0.25, 0.3) is 6.08 Å². The highest BCUT2D eigenvalue weighted by Gasteiger charge is 2.16. The van der Waals surface area contributed by atoms with Crippen LogP contribution in [0, 0.1) is 5.92 Å². The fraction of sp³-hybridized carbons (Fsp3) is 0.250. The van der Waals surface area contributed by atoms with E-state index in [0.29, 0.717) is 5.92 Å². The first-order valence-corrected chi connectivity index (χ1v) is 6.25. The van der Waals surface area contributed by atoms with Crippen LogP contribution in [-0.2, 0) is 0 Å². The van der Waals surface area contributed by atoms with E-state index in [9.17, 15) is 0 Å². The van der Waals surface area contributed by atoms with E-state index in [1.165, 1.54) is 0 Å². The lowest BCUT2D eigenvalue weighted by Crippen LogP contribution is -2.11. The van der Waals surface area contributed by atoms with Crippen molar-refractivity contribution in [3.8, 4) is 0 Å². The van der Waals surface area contributed by atoms with Crippen LogP contribution in [0.4, 0.5) is 0 Å². The van der Waals surface area contributed by atoms with E-state index >= 15 is 0 Å². The maximum Gasteiger partial charge on any atom is 0.0964 e. The van der Waals surface area contributed by atoms with E-state index in [4.69, 9.17) is 0 Å². The molecule has 1 aromatic heterocycles. The molecule has 0 aromatic carbocycles. The normalized spacial score (nSPS) is 18.4. The third kappa shape index (κ3) is 2.65. The number of rotatable bonds is 3. The third-order valence-electron chi connectivity index (χ3n) is 2.81. The Labute approximate surface area is 108 Å². The van der Waals surface area contributed by atoms with Gasteiger partial charge in [-0.3, -0.25) is 9.98 Å². The molecule has 18 heavy (non-hydrogen) atoms. The minimum absolute atomic E-state index is 0.640. The number of hydrogen-bond acceptors (Lipinski definition) is 2. The number of hydrogen-bond donors (Lipinski definition) is 0. The van der Waals surface area contributed by atoms with Gasteiger partial charge in [-0.1, -0.05) is 44.7 Å². The Hall–Kier alpha value is -1.96. The van der Waals surface area contributed by atoms with Gasteiger partial charge < -0.3 is 0 Å². The molecule has 1 aliphatic rings. The molecule has 0 bridgehead atoms.